The average molecular weight is 326 g/mol. The number of likely N-dealkylation sites (N-methyl/N-ethyl adjacent to an activating group) is 1. The largest absolute Gasteiger partial charge is 0.354 e. The van der Waals surface area contributed by atoms with Gasteiger partial charge in [-0.2, -0.15) is 0 Å². The number of para-hydroxylation sites is 1. The van der Waals surface area contributed by atoms with Crippen molar-refractivity contribution in [3.63, 3.8) is 0 Å². The van der Waals surface area contributed by atoms with Gasteiger partial charge in [0.1, 0.15) is 5.41 Å². The van der Waals surface area contributed by atoms with E-state index >= 15 is 0 Å². The van der Waals surface area contributed by atoms with Crippen LogP contribution in [-0.4, -0.2) is 48.9 Å². The summed E-state index contributed by atoms with van der Waals surface area (Å²) in [6.07, 6.45) is 2.87. The second kappa shape index (κ2) is 6.57. The third-order valence-electron chi connectivity index (χ3n) is 4.34. The molecule has 0 saturated heterocycles. The highest BCUT2D eigenvalue weighted by molar-refractivity contribution is 6.14. The minimum absolute atomic E-state index is 0.185. The minimum atomic E-state index is -0.927. The first-order valence-corrected chi connectivity index (χ1v) is 8.11. The van der Waals surface area contributed by atoms with Gasteiger partial charge in [-0.25, -0.2) is 0 Å². The van der Waals surface area contributed by atoms with E-state index < -0.39 is 5.41 Å². The number of fused-ring (bicyclic) bond motifs is 1. The summed E-state index contributed by atoms with van der Waals surface area (Å²) in [5, 5.41) is 6.71. The lowest BCUT2D eigenvalue weighted by molar-refractivity contribution is -0.134. The van der Waals surface area contributed by atoms with Crippen LogP contribution in [0.25, 0.3) is 10.9 Å². The SMILES string of the molecule is CN(C)CCNC(=O)C1(C(=O)Nc2cccc3cccnc23)CC1. The molecule has 2 amide bonds. The minimum Gasteiger partial charge on any atom is -0.354 e. The molecule has 1 saturated carbocycles. The number of rotatable bonds is 6. The molecule has 1 aliphatic carbocycles. The number of nitrogens with zero attached hydrogens (tertiary/aromatic N) is 2. The quantitative estimate of drug-likeness (QED) is 0.791. The van der Waals surface area contributed by atoms with Gasteiger partial charge in [0.25, 0.3) is 0 Å². The van der Waals surface area contributed by atoms with Crippen LogP contribution in [-0.2, 0) is 9.59 Å². The molecule has 0 unspecified atom stereocenters. The van der Waals surface area contributed by atoms with Gasteiger partial charge < -0.3 is 15.5 Å². The van der Waals surface area contributed by atoms with E-state index in [1.807, 2.05) is 49.3 Å². The predicted molar refractivity (Wildman–Crippen MR) is 93.6 cm³/mol. The van der Waals surface area contributed by atoms with Gasteiger partial charge in [0.15, 0.2) is 0 Å². The number of aromatic nitrogens is 1. The number of carbonyl (C=O) groups is 2. The molecule has 2 N–H and O–H groups in total. The fraction of sp³-hybridized carbons (Fsp3) is 0.389. The van der Waals surface area contributed by atoms with Crippen molar-refractivity contribution in [2.45, 2.75) is 12.8 Å². The molecule has 6 heteroatoms. The van der Waals surface area contributed by atoms with Gasteiger partial charge in [-0.15, -0.1) is 0 Å². The number of benzene rings is 1. The van der Waals surface area contributed by atoms with Crippen LogP contribution in [0.5, 0.6) is 0 Å². The van der Waals surface area contributed by atoms with Crippen molar-refractivity contribution >= 4 is 28.4 Å². The summed E-state index contributed by atoms with van der Waals surface area (Å²) in [5.74, 6) is -0.432. The van der Waals surface area contributed by atoms with E-state index in [4.69, 9.17) is 0 Å². The van der Waals surface area contributed by atoms with Gasteiger partial charge in [-0.05, 0) is 39.1 Å². The molecule has 1 heterocycles. The van der Waals surface area contributed by atoms with Crippen molar-refractivity contribution in [3.05, 3.63) is 36.5 Å². The summed E-state index contributed by atoms with van der Waals surface area (Å²) in [6.45, 7) is 1.29. The Hall–Kier alpha value is -2.47. The fourth-order valence-electron chi connectivity index (χ4n) is 2.69. The molecule has 1 aliphatic rings. The molecule has 1 fully saturated rings. The topological polar surface area (TPSA) is 74.3 Å². The maximum Gasteiger partial charge on any atom is 0.240 e. The second-order valence-electron chi connectivity index (χ2n) is 6.48. The van der Waals surface area contributed by atoms with Crippen LogP contribution < -0.4 is 10.6 Å². The normalized spacial score (nSPS) is 15.3. The second-order valence-corrected chi connectivity index (χ2v) is 6.48. The molecule has 24 heavy (non-hydrogen) atoms. The van der Waals surface area contributed by atoms with E-state index in [2.05, 4.69) is 15.6 Å². The first-order chi connectivity index (χ1) is 11.5. The molecule has 126 valence electrons. The van der Waals surface area contributed by atoms with E-state index in [9.17, 15) is 9.59 Å². The number of amides is 2. The van der Waals surface area contributed by atoms with Gasteiger partial charge >= 0.3 is 0 Å². The molecule has 0 aliphatic heterocycles. The molecule has 2 aromatic rings. The zero-order chi connectivity index (χ0) is 17.2. The highest BCUT2D eigenvalue weighted by Gasteiger charge is 2.56. The lowest BCUT2D eigenvalue weighted by Crippen LogP contribution is -2.42. The van der Waals surface area contributed by atoms with Crippen molar-refractivity contribution in [3.8, 4) is 0 Å². The van der Waals surface area contributed by atoms with Crippen LogP contribution in [0.4, 0.5) is 5.69 Å². The summed E-state index contributed by atoms with van der Waals surface area (Å²) >= 11 is 0. The maximum absolute atomic E-state index is 12.7. The standard InChI is InChI=1S/C18H22N4O2/c1-22(2)12-11-20-16(23)18(8-9-18)17(24)21-14-7-3-5-13-6-4-10-19-15(13)14/h3-7,10H,8-9,11-12H2,1-2H3,(H,20,23)(H,21,24). The molecular weight excluding hydrogens is 304 g/mol. The fourth-order valence-corrected chi connectivity index (χ4v) is 2.69. The number of carbonyl (C=O) groups excluding carboxylic acids is 2. The molecule has 3 rings (SSSR count). The molecule has 0 radical (unpaired) electrons. The van der Waals surface area contributed by atoms with Crippen molar-refractivity contribution in [1.82, 2.24) is 15.2 Å². The smallest absolute Gasteiger partial charge is 0.240 e. The van der Waals surface area contributed by atoms with Crippen molar-refractivity contribution < 1.29 is 9.59 Å². The van der Waals surface area contributed by atoms with E-state index in [0.29, 0.717) is 25.1 Å². The third kappa shape index (κ3) is 3.23. The van der Waals surface area contributed by atoms with Crippen LogP contribution in [0.3, 0.4) is 0 Å². The van der Waals surface area contributed by atoms with E-state index in [0.717, 1.165) is 17.4 Å². The predicted octanol–water partition coefficient (Wildman–Crippen LogP) is 1.63. The van der Waals surface area contributed by atoms with Crippen molar-refractivity contribution in [2.24, 2.45) is 5.41 Å². The Morgan fingerprint density at radius 3 is 2.62 bits per heavy atom. The van der Waals surface area contributed by atoms with Crippen LogP contribution >= 0.6 is 0 Å². The van der Waals surface area contributed by atoms with Crippen LogP contribution in [0.1, 0.15) is 12.8 Å². The summed E-state index contributed by atoms with van der Waals surface area (Å²) < 4.78 is 0. The summed E-state index contributed by atoms with van der Waals surface area (Å²) in [4.78, 5) is 31.4. The summed E-state index contributed by atoms with van der Waals surface area (Å²) in [5.41, 5.74) is 0.450. The van der Waals surface area contributed by atoms with Crippen LogP contribution in [0, 0.1) is 5.41 Å². The first kappa shape index (κ1) is 16.4. The van der Waals surface area contributed by atoms with Gasteiger partial charge in [-0.1, -0.05) is 18.2 Å². The number of nitrogens with one attached hydrogen (secondary N) is 2. The van der Waals surface area contributed by atoms with Gasteiger partial charge in [0.05, 0.1) is 11.2 Å². The van der Waals surface area contributed by atoms with Crippen molar-refractivity contribution in [1.29, 1.82) is 0 Å². The molecule has 1 aromatic heterocycles. The van der Waals surface area contributed by atoms with Gasteiger partial charge in [-0.3, -0.25) is 14.6 Å². The monoisotopic (exact) mass is 326 g/mol. The van der Waals surface area contributed by atoms with Gasteiger partial charge in [0, 0.05) is 24.7 Å². The average Bonchev–Trinajstić information content (AvgIpc) is 3.37. The van der Waals surface area contributed by atoms with E-state index in [1.165, 1.54) is 0 Å². The Morgan fingerprint density at radius 2 is 1.92 bits per heavy atom. The Morgan fingerprint density at radius 1 is 1.17 bits per heavy atom. The molecule has 0 spiro atoms. The molecular formula is C18H22N4O2. The molecule has 6 nitrogen and oxygen atoms in total. The molecule has 0 atom stereocenters. The molecule has 1 aromatic carbocycles. The lowest BCUT2D eigenvalue weighted by atomic mass is 10.0. The van der Waals surface area contributed by atoms with E-state index in [-0.39, 0.29) is 11.8 Å². The van der Waals surface area contributed by atoms with Crippen molar-refractivity contribution in [2.75, 3.05) is 32.5 Å². The van der Waals surface area contributed by atoms with Crippen LogP contribution in [0.15, 0.2) is 36.5 Å². The Kier molecular flexibility index (Phi) is 4.49. The Labute approximate surface area is 141 Å². The zero-order valence-corrected chi connectivity index (χ0v) is 14.0. The highest BCUT2D eigenvalue weighted by Crippen LogP contribution is 2.47. The number of anilines is 1. The highest BCUT2D eigenvalue weighted by atomic mass is 16.2. The maximum atomic E-state index is 12.7. The summed E-state index contributed by atoms with van der Waals surface area (Å²) in [6, 6.07) is 9.43. The summed E-state index contributed by atoms with van der Waals surface area (Å²) in [7, 11) is 3.89. The third-order valence-corrected chi connectivity index (χ3v) is 4.34. The Bertz CT molecular complexity index is 763. The molecule has 0 bridgehead atoms. The first-order valence-electron chi connectivity index (χ1n) is 8.11. The number of hydrogen-bond donors (Lipinski definition) is 2. The number of hydrogen-bond acceptors (Lipinski definition) is 4. The van der Waals surface area contributed by atoms with Crippen LogP contribution in [0.2, 0.25) is 0 Å². The zero-order valence-electron chi connectivity index (χ0n) is 14.0. The Balaban J connectivity index is 1.71. The lowest BCUT2D eigenvalue weighted by Gasteiger charge is -2.17. The number of pyridine rings is 1. The van der Waals surface area contributed by atoms with E-state index in [1.54, 1.807) is 6.20 Å². The van der Waals surface area contributed by atoms with Gasteiger partial charge in [0.2, 0.25) is 11.8 Å².